The molecule has 24 heavy (non-hydrogen) atoms. The number of likely N-dealkylation sites (tertiary alicyclic amines) is 1. The molecular formula is C17H22N4O3. The zero-order valence-electron chi connectivity index (χ0n) is 14.2. The number of carbonyl (C=O) groups is 2. The van der Waals surface area contributed by atoms with Gasteiger partial charge >= 0.3 is 12.0 Å². The molecular weight excluding hydrogens is 308 g/mol. The largest absolute Gasteiger partial charge is 0.423 e. The van der Waals surface area contributed by atoms with E-state index >= 15 is 0 Å². The molecule has 0 unspecified atom stereocenters. The van der Waals surface area contributed by atoms with Crippen molar-refractivity contribution >= 4 is 29.1 Å². The molecule has 0 spiro atoms. The van der Waals surface area contributed by atoms with Gasteiger partial charge in [-0.3, -0.25) is 9.69 Å². The second-order valence-electron chi connectivity index (χ2n) is 6.30. The molecule has 1 saturated heterocycles. The first-order valence-corrected chi connectivity index (χ1v) is 8.06. The molecule has 1 aromatic carbocycles. The van der Waals surface area contributed by atoms with Crippen molar-refractivity contribution in [3.05, 3.63) is 24.3 Å². The van der Waals surface area contributed by atoms with Gasteiger partial charge in [-0.15, -0.1) is 0 Å². The maximum Gasteiger partial charge on any atom is 0.319 e. The Morgan fingerprint density at radius 1 is 1.17 bits per heavy atom. The maximum atomic E-state index is 12.7. The van der Waals surface area contributed by atoms with Crippen molar-refractivity contribution in [3.8, 4) is 0 Å². The molecule has 0 saturated carbocycles. The number of para-hydroxylation sites is 2. The fourth-order valence-corrected chi connectivity index (χ4v) is 2.97. The maximum absolute atomic E-state index is 12.7. The second kappa shape index (κ2) is 6.51. The van der Waals surface area contributed by atoms with Gasteiger partial charge in [-0.25, -0.2) is 4.79 Å². The first-order valence-electron chi connectivity index (χ1n) is 8.06. The van der Waals surface area contributed by atoms with E-state index < -0.39 is 0 Å². The zero-order valence-corrected chi connectivity index (χ0v) is 14.2. The van der Waals surface area contributed by atoms with E-state index in [2.05, 4.69) is 4.98 Å². The Morgan fingerprint density at radius 3 is 2.46 bits per heavy atom. The van der Waals surface area contributed by atoms with Crippen LogP contribution in [-0.4, -0.2) is 61.0 Å². The molecule has 2 heterocycles. The number of hydrogen-bond donors (Lipinski definition) is 0. The van der Waals surface area contributed by atoms with Crippen molar-refractivity contribution in [1.29, 1.82) is 0 Å². The lowest BCUT2D eigenvalue weighted by Crippen LogP contribution is -2.46. The SMILES string of the molecule is CN(C)C(=O)N1CCC(C(=O)N(C)c2nc3ccccc3o2)CC1. The zero-order chi connectivity index (χ0) is 17.3. The molecule has 128 valence electrons. The number of fused-ring (bicyclic) bond motifs is 1. The summed E-state index contributed by atoms with van der Waals surface area (Å²) in [5, 5.41) is 0. The molecule has 0 aliphatic carbocycles. The molecule has 3 rings (SSSR count). The number of urea groups is 1. The van der Waals surface area contributed by atoms with Gasteiger partial charge in [0, 0.05) is 40.2 Å². The molecule has 0 radical (unpaired) electrons. The van der Waals surface area contributed by atoms with Gasteiger partial charge < -0.3 is 14.2 Å². The second-order valence-corrected chi connectivity index (χ2v) is 6.30. The summed E-state index contributed by atoms with van der Waals surface area (Å²) in [6, 6.07) is 7.74. The third-order valence-electron chi connectivity index (χ3n) is 4.40. The number of carbonyl (C=O) groups excluding carboxylic acids is 2. The summed E-state index contributed by atoms with van der Waals surface area (Å²) in [6.45, 7) is 1.18. The third-order valence-corrected chi connectivity index (χ3v) is 4.40. The summed E-state index contributed by atoms with van der Waals surface area (Å²) in [7, 11) is 5.16. The van der Waals surface area contributed by atoms with E-state index in [1.807, 2.05) is 24.3 Å². The lowest BCUT2D eigenvalue weighted by Gasteiger charge is -2.33. The summed E-state index contributed by atoms with van der Waals surface area (Å²) >= 11 is 0. The van der Waals surface area contributed by atoms with Gasteiger partial charge in [-0.2, -0.15) is 4.98 Å². The fraction of sp³-hybridized carbons (Fsp3) is 0.471. The molecule has 0 N–H and O–H groups in total. The average molecular weight is 330 g/mol. The Hall–Kier alpha value is -2.57. The number of anilines is 1. The summed E-state index contributed by atoms with van der Waals surface area (Å²) in [6.07, 6.45) is 1.31. The van der Waals surface area contributed by atoms with Crippen LogP contribution in [0.2, 0.25) is 0 Å². The minimum atomic E-state index is -0.115. The average Bonchev–Trinajstić information content (AvgIpc) is 3.04. The van der Waals surface area contributed by atoms with Crippen LogP contribution in [0.5, 0.6) is 0 Å². The Bertz CT molecular complexity index is 714. The van der Waals surface area contributed by atoms with E-state index in [1.165, 1.54) is 4.90 Å². The van der Waals surface area contributed by atoms with E-state index in [9.17, 15) is 9.59 Å². The van der Waals surface area contributed by atoms with Gasteiger partial charge in [-0.05, 0) is 25.0 Å². The molecule has 1 aliphatic heterocycles. The van der Waals surface area contributed by atoms with Gasteiger partial charge in [0.15, 0.2) is 5.58 Å². The lowest BCUT2D eigenvalue weighted by atomic mass is 9.95. The van der Waals surface area contributed by atoms with Crippen LogP contribution in [0, 0.1) is 5.92 Å². The fourth-order valence-electron chi connectivity index (χ4n) is 2.97. The molecule has 7 heteroatoms. The van der Waals surface area contributed by atoms with E-state index in [1.54, 1.807) is 30.9 Å². The number of nitrogens with zero attached hydrogens (tertiary/aromatic N) is 4. The minimum absolute atomic E-state index is 0.00629. The van der Waals surface area contributed by atoms with Crippen molar-refractivity contribution in [2.45, 2.75) is 12.8 Å². The van der Waals surface area contributed by atoms with E-state index in [-0.39, 0.29) is 17.9 Å². The summed E-state index contributed by atoms with van der Waals surface area (Å²) in [5.74, 6) is -0.130. The molecule has 7 nitrogen and oxygen atoms in total. The van der Waals surface area contributed by atoms with Gasteiger partial charge in [0.05, 0.1) is 0 Å². The van der Waals surface area contributed by atoms with Gasteiger partial charge in [0.2, 0.25) is 5.91 Å². The van der Waals surface area contributed by atoms with Crippen LogP contribution in [0.4, 0.5) is 10.8 Å². The Kier molecular flexibility index (Phi) is 4.42. The normalized spacial score (nSPS) is 15.5. The number of piperidine rings is 1. The monoisotopic (exact) mass is 330 g/mol. The van der Waals surface area contributed by atoms with Crippen LogP contribution in [-0.2, 0) is 4.79 Å². The Balaban J connectivity index is 1.65. The van der Waals surface area contributed by atoms with E-state index in [0.29, 0.717) is 37.5 Å². The molecule has 1 aromatic heterocycles. The molecule has 0 atom stereocenters. The predicted octanol–water partition coefficient (Wildman–Crippen LogP) is 2.18. The van der Waals surface area contributed by atoms with E-state index in [0.717, 1.165) is 5.52 Å². The summed E-state index contributed by atoms with van der Waals surface area (Å²) in [4.78, 5) is 33.8. The number of benzene rings is 1. The van der Waals surface area contributed by atoms with Crippen LogP contribution in [0.1, 0.15) is 12.8 Å². The van der Waals surface area contributed by atoms with Crippen molar-refractivity contribution in [2.24, 2.45) is 5.92 Å². The number of aromatic nitrogens is 1. The smallest absolute Gasteiger partial charge is 0.319 e. The van der Waals surface area contributed by atoms with Crippen LogP contribution in [0.15, 0.2) is 28.7 Å². The van der Waals surface area contributed by atoms with Crippen molar-refractivity contribution in [1.82, 2.24) is 14.8 Å². The lowest BCUT2D eigenvalue weighted by molar-refractivity contribution is -0.123. The van der Waals surface area contributed by atoms with Crippen molar-refractivity contribution < 1.29 is 14.0 Å². The highest BCUT2D eigenvalue weighted by Crippen LogP contribution is 2.25. The molecule has 1 fully saturated rings. The number of rotatable bonds is 2. The predicted molar refractivity (Wildman–Crippen MR) is 90.8 cm³/mol. The summed E-state index contributed by atoms with van der Waals surface area (Å²) < 4.78 is 5.66. The van der Waals surface area contributed by atoms with Gasteiger partial charge in [0.25, 0.3) is 0 Å². The number of oxazole rings is 1. The highest BCUT2D eigenvalue weighted by molar-refractivity contribution is 5.93. The standard InChI is InChI=1S/C17H22N4O3/c1-19(2)17(23)21-10-8-12(9-11-21)15(22)20(3)16-18-13-6-4-5-7-14(13)24-16/h4-7,12H,8-11H2,1-3H3. The van der Waals surface area contributed by atoms with Crippen molar-refractivity contribution in [2.75, 3.05) is 39.1 Å². The highest BCUT2D eigenvalue weighted by Gasteiger charge is 2.31. The summed E-state index contributed by atoms with van der Waals surface area (Å²) in [5.41, 5.74) is 1.40. The van der Waals surface area contributed by atoms with Crippen molar-refractivity contribution in [3.63, 3.8) is 0 Å². The van der Waals surface area contributed by atoms with Crippen LogP contribution < -0.4 is 4.90 Å². The molecule has 1 aliphatic rings. The molecule has 3 amide bonds. The van der Waals surface area contributed by atoms with Gasteiger partial charge in [-0.1, -0.05) is 12.1 Å². The number of hydrogen-bond acceptors (Lipinski definition) is 4. The molecule has 0 bridgehead atoms. The first kappa shape index (κ1) is 16.3. The first-order chi connectivity index (χ1) is 11.5. The quantitative estimate of drug-likeness (QED) is 0.846. The Labute approximate surface area is 140 Å². The topological polar surface area (TPSA) is 69.9 Å². The van der Waals surface area contributed by atoms with Crippen LogP contribution in [0.3, 0.4) is 0 Å². The number of amides is 3. The van der Waals surface area contributed by atoms with Crippen LogP contribution in [0.25, 0.3) is 11.1 Å². The van der Waals surface area contributed by atoms with E-state index in [4.69, 9.17) is 4.42 Å². The minimum Gasteiger partial charge on any atom is -0.423 e. The third kappa shape index (κ3) is 3.06. The van der Waals surface area contributed by atoms with Gasteiger partial charge in [0.1, 0.15) is 5.52 Å². The highest BCUT2D eigenvalue weighted by atomic mass is 16.4. The molecule has 2 aromatic rings. The Morgan fingerprint density at radius 2 is 1.83 bits per heavy atom. The van der Waals surface area contributed by atoms with Crippen LogP contribution >= 0.6 is 0 Å².